The van der Waals surface area contributed by atoms with Gasteiger partial charge in [-0.1, -0.05) is 187 Å². The Hall–Kier alpha value is -7.65. The molecule has 0 aliphatic carbocycles. The lowest BCUT2D eigenvalue weighted by atomic mass is 9.94. The van der Waals surface area contributed by atoms with Crippen LogP contribution in [0.25, 0.3) is 90.8 Å². The second-order valence-electron chi connectivity index (χ2n) is 17.2. The molecule has 0 radical (unpaired) electrons. The van der Waals surface area contributed by atoms with Crippen molar-refractivity contribution in [3.63, 3.8) is 0 Å². The van der Waals surface area contributed by atoms with Crippen LogP contribution in [0.2, 0.25) is 0 Å². The van der Waals surface area contributed by atoms with Crippen LogP contribution in [0, 0.1) is 0 Å². The first kappa shape index (κ1) is 39.8. The van der Waals surface area contributed by atoms with Gasteiger partial charge in [0.1, 0.15) is 11.6 Å². The number of benzene rings is 6. The van der Waals surface area contributed by atoms with E-state index in [1.165, 1.54) is 0 Å². The summed E-state index contributed by atoms with van der Waals surface area (Å²) < 4.78 is 0. The van der Waals surface area contributed by atoms with E-state index in [0.717, 1.165) is 50.1 Å². The topological polar surface area (TPSA) is 116 Å². The first-order chi connectivity index (χ1) is 30.0. The van der Waals surface area contributed by atoms with Crippen LogP contribution in [0.4, 0.5) is 0 Å². The van der Waals surface area contributed by atoms with Gasteiger partial charge in [-0.3, -0.25) is 0 Å². The molecule has 62 heavy (non-hydrogen) atoms. The van der Waals surface area contributed by atoms with Gasteiger partial charge in [-0.15, -0.1) is 0 Å². The maximum absolute atomic E-state index is 5.18. The SMILES string of the molecule is CC(C)(C)c1nc(-c2ccccc2)nc(-c2cccc(-c3nc(-c4ccccc4)nc(-c4ccc(-c5nc(-c6ccccc6)nc(C(C)(C)C)n5)c(-c5ccccc5)c4)n3)c2)n1. The summed E-state index contributed by atoms with van der Waals surface area (Å²) in [6, 6.07) is 54.6. The Morgan fingerprint density at radius 1 is 0.242 bits per heavy atom. The molecule has 6 aromatic carbocycles. The number of rotatable bonds is 8. The van der Waals surface area contributed by atoms with Crippen molar-refractivity contribution in [2.45, 2.75) is 52.4 Å². The Bertz CT molecular complexity index is 3010. The molecule has 9 rings (SSSR count). The molecule has 0 N–H and O–H groups in total. The van der Waals surface area contributed by atoms with Gasteiger partial charge in [-0.2, -0.15) is 0 Å². The van der Waals surface area contributed by atoms with Crippen LogP contribution in [-0.2, 0) is 10.8 Å². The number of aromatic nitrogens is 9. The third-order valence-corrected chi connectivity index (χ3v) is 10.3. The maximum atomic E-state index is 5.18. The van der Waals surface area contributed by atoms with Crippen molar-refractivity contribution >= 4 is 0 Å². The Balaban J connectivity index is 1.20. The summed E-state index contributed by atoms with van der Waals surface area (Å²) in [7, 11) is 0. The van der Waals surface area contributed by atoms with Gasteiger partial charge in [0.05, 0.1) is 0 Å². The van der Waals surface area contributed by atoms with Crippen LogP contribution in [0.15, 0.2) is 164 Å². The van der Waals surface area contributed by atoms with Crippen molar-refractivity contribution in [1.29, 1.82) is 0 Å². The maximum Gasteiger partial charge on any atom is 0.164 e. The molecular weight excluding hydrogens is 763 g/mol. The zero-order valence-electron chi connectivity index (χ0n) is 35.6. The second-order valence-corrected chi connectivity index (χ2v) is 17.2. The van der Waals surface area contributed by atoms with E-state index in [4.69, 9.17) is 44.9 Å². The van der Waals surface area contributed by atoms with E-state index in [-0.39, 0.29) is 10.8 Å². The van der Waals surface area contributed by atoms with E-state index in [0.29, 0.717) is 52.4 Å². The monoisotopic (exact) mass is 807 g/mol. The summed E-state index contributed by atoms with van der Waals surface area (Å²) in [5.41, 5.74) is 7.38. The standard InChI is InChI=1S/C53H45N9/c1-52(2,3)50-59-44(36-24-15-9-16-25-36)56-48(61-50)39-29-19-28-38(32-39)46-54-43(35-22-13-8-14-23-35)55-47(57-46)40-30-31-41(42(33-40)34-20-11-7-12-21-34)49-58-45(37-26-17-10-18-27-37)60-51(62-49)53(4,5)6/h7-33H,1-6H3. The summed E-state index contributed by atoms with van der Waals surface area (Å²) in [4.78, 5) is 45.3. The Morgan fingerprint density at radius 3 is 0.968 bits per heavy atom. The molecule has 3 heterocycles. The molecule has 0 aliphatic heterocycles. The fourth-order valence-electron chi connectivity index (χ4n) is 6.99. The van der Waals surface area contributed by atoms with E-state index in [1.54, 1.807) is 0 Å². The molecule has 0 unspecified atom stereocenters. The molecule has 0 spiro atoms. The number of hydrogen-bond donors (Lipinski definition) is 0. The summed E-state index contributed by atoms with van der Waals surface area (Å²) in [5.74, 6) is 5.46. The molecule has 0 bridgehead atoms. The van der Waals surface area contributed by atoms with Gasteiger partial charge < -0.3 is 0 Å². The predicted molar refractivity (Wildman–Crippen MR) is 247 cm³/mol. The van der Waals surface area contributed by atoms with E-state index < -0.39 is 0 Å². The zero-order chi connectivity index (χ0) is 42.8. The van der Waals surface area contributed by atoms with Crippen LogP contribution in [0.3, 0.4) is 0 Å². The quantitative estimate of drug-likeness (QED) is 0.148. The molecule has 0 saturated heterocycles. The summed E-state index contributed by atoms with van der Waals surface area (Å²) in [5, 5.41) is 0. The van der Waals surface area contributed by atoms with E-state index in [9.17, 15) is 0 Å². The first-order valence-electron chi connectivity index (χ1n) is 20.7. The average Bonchev–Trinajstić information content (AvgIpc) is 3.31. The zero-order valence-corrected chi connectivity index (χ0v) is 35.6. The normalized spacial score (nSPS) is 11.7. The fourth-order valence-corrected chi connectivity index (χ4v) is 6.99. The van der Waals surface area contributed by atoms with Crippen LogP contribution in [0.1, 0.15) is 53.2 Å². The summed E-state index contributed by atoms with van der Waals surface area (Å²) in [6.45, 7) is 12.7. The highest BCUT2D eigenvalue weighted by Gasteiger charge is 2.24. The van der Waals surface area contributed by atoms with Crippen LogP contribution in [-0.4, -0.2) is 44.9 Å². The Labute approximate surface area is 362 Å². The third-order valence-electron chi connectivity index (χ3n) is 10.3. The van der Waals surface area contributed by atoms with Gasteiger partial charge in [0.25, 0.3) is 0 Å². The fraction of sp³-hybridized carbons (Fsp3) is 0.151. The molecule has 9 nitrogen and oxygen atoms in total. The van der Waals surface area contributed by atoms with Crippen LogP contribution < -0.4 is 0 Å². The lowest BCUT2D eigenvalue weighted by Gasteiger charge is -2.19. The van der Waals surface area contributed by atoms with Crippen molar-refractivity contribution in [3.05, 3.63) is 175 Å². The highest BCUT2D eigenvalue weighted by atomic mass is 15.1. The van der Waals surface area contributed by atoms with E-state index in [2.05, 4.69) is 65.8 Å². The minimum Gasteiger partial charge on any atom is -0.212 e. The van der Waals surface area contributed by atoms with Crippen molar-refractivity contribution in [2.24, 2.45) is 0 Å². The van der Waals surface area contributed by atoms with Gasteiger partial charge in [-0.25, -0.2) is 44.9 Å². The molecule has 0 atom stereocenters. The van der Waals surface area contributed by atoms with E-state index in [1.807, 2.05) is 140 Å². The predicted octanol–water partition coefficient (Wildman–Crippen LogP) is 12.2. The highest BCUT2D eigenvalue weighted by molar-refractivity contribution is 5.85. The van der Waals surface area contributed by atoms with Gasteiger partial charge in [0.2, 0.25) is 0 Å². The minimum absolute atomic E-state index is 0.302. The Morgan fingerprint density at radius 2 is 0.548 bits per heavy atom. The molecular formula is C53H45N9. The van der Waals surface area contributed by atoms with Crippen molar-refractivity contribution in [1.82, 2.24) is 44.9 Å². The molecule has 9 heteroatoms. The molecule has 3 aromatic heterocycles. The largest absolute Gasteiger partial charge is 0.212 e. The Kier molecular flexibility index (Phi) is 10.5. The highest BCUT2D eigenvalue weighted by Crippen LogP contribution is 2.37. The third kappa shape index (κ3) is 8.51. The van der Waals surface area contributed by atoms with Gasteiger partial charge in [-0.05, 0) is 29.3 Å². The molecule has 302 valence electrons. The first-order valence-corrected chi connectivity index (χ1v) is 20.7. The van der Waals surface area contributed by atoms with Crippen LogP contribution >= 0.6 is 0 Å². The number of hydrogen-bond acceptors (Lipinski definition) is 9. The smallest absolute Gasteiger partial charge is 0.164 e. The van der Waals surface area contributed by atoms with E-state index >= 15 is 0 Å². The molecule has 0 aliphatic rings. The van der Waals surface area contributed by atoms with Crippen LogP contribution in [0.5, 0.6) is 0 Å². The lowest BCUT2D eigenvalue weighted by molar-refractivity contribution is 0.543. The van der Waals surface area contributed by atoms with Gasteiger partial charge >= 0.3 is 0 Å². The lowest BCUT2D eigenvalue weighted by Crippen LogP contribution is -2.18. The summed E-state index contributed by atoms with van der Waals surface area (Å²) in [6.07, 6.45) is 0. The molecule has 0 saturated carbocycles. The minimum atomic E-state index is -0.316. The number of nitrogens with zero attached hydrogens (tertiary/aromatic N) is 9. The second kappa shape index (κ2) is 16.4. The molecule has 9 aromatic rings. The van der Waals surface area contributed by atoms with Crippen molar-refractivity contribution in [3.8, 4) is 90.8 Å². The van der Waals surface area contributed by atoms with Crippen molar-refractivity contribution in [2.75, 3.05) is 0 Å². The molecule has 0 fully saturated rings. The van der Waals surface area contributed by atoms with Crippen molar-refractivity contribution < 1.29 is 0 Å². The average molecular weight is 808 g/mol. The van der Waals surface area contributed by atoms with Gasteiger partial charge in [0.15, 0.2) is 40.8 Å². The summed E-state index contributed by atoms with van der Waals surface area (Å²) >= 11 is 0. The van der Waals surface area contributed by atoms with Gasteiger partial charge in [0, 0.05) is 49.8 Å². The molecule has 0 amide bonds.